The number of nitrogens with one attached hydrogen (secondary N) is 1. The van der Waals surface area contributed by atoms with Gasteiger partial charge < -0.3 is 10.1 Å². The van der Waals surface area contributed by atoms with E-state index in [-0.39, 0.29) is 6.23 Å². The Morgan fingerprint density at radius 1 is 0.909 bits per heavy atom. The van der Waals surface area contributed by atoms with Crippen molar-refractivity contribution < 1.29 is 4.74 Å². The molecule has 2 heteroatoms. The van der Waals surface area contributed by atoms with E-state index in [1.807, 2.05) is 30.3 Å². The van der Waals surface area contributed by atoms with Crippen LogP contribution in [0.25, 0.3) is 16.8 Å². The second-order valence-electron chi connectivity index (χ2n) is 5.57. The molecule has 0 radical (unpaired) electrons. The number of ether oxygens (including phenoxy) is 1. The Labute approximate surface area is 130 Å². The molecule has 1 atom stereocenters. The normalized spacial score (nSPS) is 16.1. The van der Waals surface area contributed by atoms with E-state index in [0.29, 0.717) is 0 Å². The van der Waals surface area contributed by atoms with Crippen molar-refractivity contribution in [3.05, 3.63) is 77.9 Å². The number of anilines is 1. The van der Waals surface area contributed by atoms with Gasteiger partial charge in [-0.25, -0.2) is 0 Å². The second kappa shape index (κ2) is 5.23. The summed E-state index contributed by atoms with van der Waals surface area (Å²) >= 11 is 0. The number of hydrogen-bond donors (Lipinski definition) is 1. The molecule has 108 valence electrons. The van der Waals surface area contributed by atoms with Crippen LogP contribution in [0.4, 0.5) is 5.69 Å². The highest BCUT2D eigenvalue weighted by molar-refractivity contribution is 5.94. The van der Waals surface area contributed by atoms with Crippen LogP contribution in [0.2, 0.25) is 0 Å². The third-order valence-corrected chi connectivity index (χ3v) is 4.01. The molecule has 0 amide bonds. The van der Waals surface area contributed by atoms with Gasteiger partial charge in [-0.2, -0.15) is 0 Å². The summed E-state index contributed by atoms with van der Waals surface area (Å²) in [6.07, 6.45) is 4.05. The van der Waals surface area contributed by atoms with Crippen molar-refractivity contribution in [1.82, 2.24) is 0 Å². The van der Waals surface area contributed by atoms with Gasteiger partial charge in [0.1, 0.15) is 5.75 Å². The summed E-state index contributed by atoms with van der Waals surface area (Å²) in [6, 6.07) is 20.7. The summed E-state index contributed by atoms with van der Waals surface area (Å²) in [5.41, 5.74) is 3.47. The second-order valence-corrected chi connectivity index (χ2v) is 5.57. The zero-order chi connectivity index (χ0) is 14.9. The molecule has 0 aliphatic carbocycles. The average molecular weight is 287 g/mol. The Kier molecular flexibility index (Phi) is 3.08. The van der Waals surface area contributed by atoms with Gasteiger partial charge in [-0.3, -0.25) is 0 Å². The quantitative estimate of drug-likeness (QED) is 0.716. The van der Waals surface area contributed by atoms with Crippen molar-refractivity contribution in [3.63, 3.8) is 0 Å². The van der Waals surface area contributed by atoms with Crippen LogP contribution in [0.3, 0.4) is 0 Å². The van der Waals surface area contributed by atoms with Crippen molar-refractivity contribution >= 4 is 22.5 Å². The van der Waals surface area contributed by atoms with Crippen LogP contribution >= 0.6 is 0 Å². The molecule has 1 N–H and O–H groups in total. The maximum Gasteiger partial charge on any atom is 0.189 e. The molecule has 0 saturated carbocycles. The van der Waals surface area contributed by atoms with Crippen LogP contribution in [0.1, 0.15) is 11.1 Å². The smallest absolute Gasteiger partial charge is 0.189 e. The molecule has 0 saturated heterocycles. The fraction of sp³-hybridized carbons (Fsp3) is 0.100. The molecule has 1 unspecified atom stereocenters. The van der Waals surface area contributed by atoms with Crippen molar-refractivity contribution in [2.75, 3.05) is 5.32 Å². The van der Waals surface area contributed by atoms with E-state index in [2.05, 4.69) is 54.7 Å². The monoisotopic (exact) mass is 287 g/mol. The zero-order valence-electron chi connectivity index (χ0n) is 12.4. The molecule has 1 aliphatic heterocycles. The van der Waals surface area contributed by atoms with Gasteiger partial charge in [-0.15, -0.1) is 0 Å². The Hall–Kier alpha value is -2.74. The third kappa shape index (κ3) is 2.23. The van der Waals surface area contributed by atoms with E-state index in [0.717, 1.165) is 17.0 Å². The fourth-order valence-electron chi connectivity index (χ4n) is 2.95. The van der Waals surface area contributed by atoms with Gasteiger partial charge >= 0.3 is 0 Å². The highest BCUT2D eigenvalue weighted by Gasteiger charge is 2.18. The molecule has 2 nitrogen and oxygen atoms in total. The van der Waals surface area contributed by atoms with Gasteiger partial charge in [0.15, 0.2) is 6.23 Å². The van der Waals surface area contributed by atoms with Crippen molar-refractivity contribution in [1.29, 1.82) is 0 Å². The lowest BCUT2D eigenvalue weighted by atomic mass is 9.99. The summed E-state index contributed by atoms with van der Waals surface area (Å²) in [7, 11) is 0. The average Bonchev–Trinajstić information content (AvgIpc) is 2.57. The van der Waals surface area contributed by atoms with E-state index >= 15 is 0 Å². The SMILES string of the molecule is Cc1cc2c(c3ccccc13)OC(Nc1ccccc1)C=C2. The highest BCUT2D eigenvalue weighted by atomic mass is 16.5. The predicted octanol–water partition coefficient (Wildman–Crippen LogP) is 4.99. The maximum atomic E-state index is 6.21. The summed E-state index contributed by atoms with van der Waals surface area (Å²) < 4.78 is 6.21. The van der Waals surface area contributed by atoms with E-state index in [1.54, 1.807) is 0 Å². The minimum absolute atomic E-state index is 0.152. The van der Waals surface area contributed by atoms with Crippen molar-refractivity contribution in [2.45, 2.75) is 13.2 Å². The summed E-state index contributed by atoms with van der Waals surface area (Å²) in [6.45, 7) is 2.14. The van der Waals surface area contributed by atoms with Crippen LogP contribution < -0.4 is 10.1 Å². The van der Waals surface area contributed by atoms with Crippen LogP contribution in [-0.2, 0) is 0 Å². The van der Waals surface area contributed by atoms with E-state index in [4.69, 9.17) is 4.74 Å². The van der Waals surface area contributed by atoms with E-state index < -0.39 is 0 Å². The minimum atomic E-state index is -0.152. The first-order valence-corrected chi connectivity index (χ1v) is 7.50. The summed E-state index contributed by atoms with van der Waals surface area (Å²) in [5.74, 6) is 0.956. The first-order valence-electron chi connectivity index (χ1n) is 7.50. The first kappa shape index (κ1) is 13.0. The molecule has 3 aromatic carbocycles. The van der Waals surface area contributed by atoms with E-state index in [9.17, 15) is 0 Å². The predicted molar refractivity (Wildman–Crippen MR) is 92.2 cm³/mol. The fourth-order valence-corrected chi connectivity index (χ4v) is 2.95. The maximum absolute atomic E-state index is 6.21. The number of fused-ring (bicyclic) bond motifs is 3. The molecule has 1 heterocycles. The van der Waals surface area contributed by atoms with Crippen LogP contribution in [0.15, 0.2) is 66.7 Å². The molecular formula is C20H17NO. The minimum Gasteiger partial charge on any atom is -0.466 e. The van der Waals surface area contributed by atoms with Crippen molar-refractivity contribution in [3.8, 4) is 5.75 Å². The number of hydrogen-bond acceptors (Lipinski definition) is 2. The Balaban J connectivity index is 1.72. The first-order chi connectivity index (χ1) is 10.8. The van der Waals surface area contributed by atoms with E-state index in [1.165, 1.54) is 16.3 Å². The number of benzene rings is 3. The Morgan fingerprint density at radius 2 is 1.64 bits per heavy atom. The molecule has 0 spiro atoms. The standard InChI is InChI=1S/C20H17NO/c1-14-13-15-11-12-19(21-16-7-3-2-4-8-16)22-20(15)18-10-6-5-9-17(14)18/h2-13,19,21H,1H3. The molecule has 22 heavy (non-hydrogen) atoms. The lowest BCUT2D eigenvalue weighted by molar-refractivity contribution is 0.277. The molecule has 1 aliphatic rings. The largest absolute Gasteiger partial charge is 0.466 e. The highest BCUT2D eigenvalue weighted by Crippen LogP contribution is 2.36. The van der Waals surface area contributed by atoms with Crippen LogP contribution in [-0.4, -0.2) is 6.23 Å². The van der Waals surface area contributed by atoms with Gasteiger partial charge in [-0.1, -0.05) is 42.5 Å². The molecule has 4 rings (SSSR count). The van der Waals surface area contributed by atoms with Gasteiger partial charge in [0, 0.05) is 16.6 Å². The van der Waals surface area contributed by atoms with Gasteiger partial charge in [-0.05, 0) is 48.2 Å². The van der Waals surface area contributed by atoms with Crippen LogP contribution in [0, 0.1) is 6.92 Å². The zero-order valence-corrected chi connectivity index (χ0v) is 12.4. The molecule has 0 fully saturated rings. The summed E-state index contributed by atoms with van der Waals surface area (Å²) in [5, 5.41) is 5.81. The van der Waals surface area contributed by atoms with Gasteiger partial charge in [0.25, 0.3) is 0 Å². The number of para-hydroxylation sites is 1. The van der Waals surface area contributed by atoms with Gasteiger partial charge in [0.2, 0.25) is 0 Å². The lowest BCUT2D eigenvalue weighted by Gasteiger charge is -2.25. The third-order valence-electron chi connectivity index (χ3n) is 4.01. The van der Waals surface area contributed by atoms with Gasteiger partial charge in [0.05, 0.1) is 0 Å². The number of rotatable bonds is 2. The molecule has 3 aromatic rings. The van der Waals surface area contributed by atoms with Crippen LogP contribution in [0.5, 0.6) is 5.75 Å². The topological polar surface area (TPSA) is 21.3 Å². The molecular weight excluding hydrogens is 270 g/mol. The number of aryl methyl sites for hydroxylation is 1. The molecule has 0 bridgehead atoms. The summed E-state index contributed by atoms with van der Waals surface area (Å²) in [4.78, 5) is 0. The lowest BCUT2D eigenvalue weighted by Crippen LogP contribution is -2.26. The Morgan fingerprint density at radius 3 is 2.45 bits per heavy atom. The van der Waals surface area contributed by atoms with Crippen molar-refractivity contribution in [2.24, 2.45) is 0 Å². The Bertz CT molecular complexity index is 852. The molecule has 0 aromatic heterocycles.